The molecule has 2 aromatic rings. The van der Waals surface area contributed by atoms with E-state index in [2.05, 4.69) is 32.9 Å². The Morgan fingerprint density at radius 2 is 1.37 bits per heavy atom. The number of rotatable bonds is 15. The number of hydrogen-bond donors (Lipinski definition) is 0. The van der Waals surface area contributed by atoms with Gasteiger partial charge in [-0.05, 0) is 0 Å². The van der Waals surface area contributed by atoms with Gasteiger partial charge in [0.1, 0.15) is 0 Å². The Bertz CT molecular complexity index is 1080. The number of benzene rings is 2. The van der Waals surface area contributed by atoms with Gasteiger partial charge in [-0.1, -0.05) is 0 Å². The van der Waals surface area contributed by atoms with E-state index in [1.54, 1.807) is 0 Å². The minimum atomic E-state index is -2.64. The van der Waals surface area contributed by atoms with Crippen molar-refractivity contribution < 1.29 is 19.1 Å². The van der Waals surface area contributed by atoms with Crippen molar-refractivity contribution in [3.05, 3.63) is 71.5 Å². The second-order valence-electron chi connectivity index (χ2n) is 11.0. The summed E-state index contributed by atoms with van der Waals surface area (Å²) < 4.78 is 17.8. The topological polar surface area (TPSA) is 52.6 Å². The normalized spacial score (nSPS) is 17.5. The number of esters is 1. The minimum absolute atomic E-state index is 0.174. The van der Waals surface area contributed by atoms with E-state index in [1.165, 1.54) is 62.3 Å². The summed E-state index contributed by atoms with van der Waals surface area (Å²) in [5.74, 6) is -0.286. The number of unbranched alkanes of at least 4 members (excludes halogenated alkanes) is 3. The molecule has 0 aliphatic heterocycles. The van der Waals surface area contributed by atoms with Crippen LogP contribution in [0, 0.1) is 0 Å². The fourth-order valence-corrected chi connectivity index (χ4v) is 21.7. The number of hydrogen-bond acceptors (Lipinski definition) is 4. The molecule has 0 bridgehead atoms. The molecule has 1 atom stereocenters. The zero-order valence-electron chi connectivity index (χ0n) is 24.3. The summed E-state index contributed by atoms with van der Waals surface area (Å²) in [4.78, 5) is 26.3. The third-order valence-electron chi connectivity index (χ3n) is 7.74. The number of ether oxygens (including phenoxy) is 2. The molecule has 1 unspecified atom stereocenters. The first-order chi connectivity index (χ1) is 18.3. The van der Waals surface area contributed by atoms with Gasteiger partial charge in [0, 0.05) is 0 Å². The van der Waals surface area contributed by atoms with Crippen LogP contribution in [0.1, 0.15) is 91.2 Å². The summed E-state index contributed by atoms with van der Waals surface area (Å²) in [6, 6.07) is 18.1. The molecule has 0 spiro atoms. The van der Waals surface area contributed by atoms with Crippen molar-refractivity contribution in [2.45, 2.75) is 105 Å². The molecular formula is C33H46O4Sn. The zero-order valence-corrected chi connectivity index (χ0v) is 27.1. The number of carbonyl (C=O) groups is 2. The predicted octanol–water partition coefficient (Wildman–Crippen LogP) is 7.92. The summed E-state index contributed by atoms with van der Waals surface area (Å²) in [6.45, 7) is 12.1. The molecule has 0 radical (unpaired) electrons. The Kier molecular flexibility index (Phi) is 11.1. The van der Waals surface area contributed by atoms with Gasteiger partial charge < -0.3 is 0 Å². The quantitative estimate of drug-likeness (QED) is 0.149. The summed E-state index contributed by atoms with van der Waals surface area (Å²) in [6.07, 6.45) is 7.36. The van der Waals surface area contributed by atoms with Gasteiger partial charge in [-0.15, -0.1) is 0 Å². The Morgan fingerprint density at radius 1 is 0.842 bits per heavy atom. The molecule has 1 aliphatic rings. The molecule has 0 aromatic heterocycles. The molecule has 5 heteroatoms. The van der Waals surface area contributed by atoms with Gasteiger partial charge in [-0.25, -0.2) is 0 Å². The van der Waals surface area contributed by atoms with E-state index in [0.29, 0.717) is 16.9 Å². The van der Waals surface area contributed by atoms with Gasteiger partial charge in [-0.3, -0.25) is 0 Å². The van der Waals surface area contributed by atoms with Gasteiger partial charge in [0.05, 0.1) is 0 Å². The second kappa shape index (κ2) is 13.8. The first-order valence-corrected chi connectivity index (χ1v) is 22.1. The average Bonchev–Trinajstić information content (AvgIpc) is 2.91. The van der Waals surface area contributed by atoms with Gasteiger partial charge in [-0.2, -0.15) is 0 Å². The molecule has 38 heavy (non-hydrogen) atoms. The fraction of sp³-hybridized carbons (Fsp3) is 0.515. The van der Waals surface area contributed by atoms with E-state index in [0.717, 1.165) is 5.56 Å². The standard InChI is InChI=1S/C21H19O4.3C4H9.Sn/c1-14(2)24-20-18(16-10-6-4-7-11-16)19(23)21(20,25-15(3)22)17-12-8-5-9-13-17;3*1-3-4-2;/h4,6-14H,1-3H3;3*1,3-4H2,2H3;. The van der Waals surface area contributed by atoms with E-state index in [1.807, 2.05) is 56.3 Å². The Labute approximate surface area is 234 Å². The molecule has 0 saturated carbocycles. The van der Waals surface area contributed by atoms with Crippen LogP contribution in [0.4, 0.5) is 0 Å². The van der Waals surface area contributed by atoms with E-state index in [9.17, 15) is 9.59 Å². The van der Waals surface area contributed by atoms with E-state index >= 15 is 0 Å². The van der Waals surface area contributed by atoms with Gasteiger partial charge in [0.2, 0.25) is 0 Å². The molecule has 0 amide bonds. The maximum absolute atomic E-state index is 13.9. The summed E-state index contributed by atoms with van der Waals surface area (Å²) in [7, 11) is 0. The van der Waals surface area contributed by atoms with Crippen LogP contribution in [0.25, 0.3) is 5.57 Å². The van der Waals surface area contributed by atoms with Crippen LogP contribution >= 0.6 is 0 Å². The summed E-state index contributed by atoms with van der Waals surface area (Å²) in [5, 5.41) is 0. The first kappa shape index (κ1) is 30.5. The van der Waals surface area contributed by atoms with Gasteiger partial charge >= 0.3 is 235 Å². The van der Waals surface area contributed by atoms with E-state index in [-0.39, 0.29) is 11.9 Å². The van der Waals surface area contributed by atoms with Crippen LogP contribution in [0.3, 0.4) is 0 Å². The molecule has 206 valence electrons. The molecule has 0 saturated heterocycles. The van der Waals surface area contributed by atoms with Gasteiger partial charge in [0.25, 0.3) is 0 Å². The molecular weight excluding hydrogens is 579 g/mol. The Hall–Kier alpha value is -2.08. The third-order valence-corrected chi connectivity index (χ3v) is 23.4. The molecule has 4 nitrogen and oxygen atoms in total. The number of carbonyl (C=O) groups excluding carboxylic acids is 2. The van der Waals surface area contributed by atoms with Crippen molar-refractivity contribution in [3.63, 3.8) is 0 Å². The van der Waals surface area contributed by atoms with Crippen LogP contribution in [0.5, 0.6) is 0 Å². The molecule has 3 rings (SSSR count). The van der Waals surface area contributed by atoms with Crippen molar-refractivity contribution in [1.29, 1.82) is 0 Å². The van der Waals surface area contributed by atoms with Crippen molar-refractivity contribution in [2.75, 3.05) is 0 Å². The summed E-state index contributed by atoms with van der Waals surface area (Å²) in [5.41, 5.74) is 0.417. The molecule has 0 N–H and O–H groups in total. The first-order valence-electron chi connectivity index (χ1n) is 14.6. The molecule has 0 heterocycles. The van der Waals surface area contributed by atoms with Crippen LogP contribution in [0.2, 0.25) is 13.3 Å². The number of Topliss-reactive ketones (excluding diaryl/α,β-unsaturated/α-hetero) is 1. The average molecular weight is 625 g/mol. The van der Waals surface area contributed by atoms with Crippen LogP contribution < -0.4 is 3.58 Å². The zero-order chi connectivity index (χ0) is 27.8. The molecule has 1 aliphatic carbocycles. The molecule has 2 aromatic carbocycles. The van der Waals surface area contributed by atoms with Crippen molar-refractivity contribution in [1.82, 2.24) is 0 Å². The summed E-state index contributed by atoms with van der Waals surface area (Å²) >= 11 is -2.64. The predicted molar refractivity (Wildman–Crippen MR) is 159 cm³/mol. The Morgan fingerprint density at radius 3 is 1.82 bits per heavy atom. The van der Waals surface area contributed by atoms with Crippen LogP contribution in [-0.4, -0.2) is 36.2 Å². The van der Waals surface area contributed by atoms with Crippen molar-refractivity contribution in [2.24, 2.45) is 0 Å². The molecule has 0 fully saturated rings. The monoisotopic (exact) mass is 626 g/mol. The van der Waals surface area contributed by atoms with Gasteiger partial charge in [0.15, 0.2) is 0 Å². The van der Waals surface area contributed by atoms with Crippen molar-refractivity contribution >= 4 is 39.3 Å². The van der Waals surface area contributed by atoms with Crippen molar-refractivity contribution in [3.8, 4) is 0 Å². The SMILES string of the molecule is CCC[CH2][Sn]([CH2]CCC)([CH2]CCC)[c]1ccc(C2(OC(C)=O)C(=O)C(c3ccccc3)=C2OC(C)C)cc1. The Balaban J connectivity index is 2.13. The van der Waals surface area contributed by atoms with Crippen LogP contribution in [0.15, 0.2) is 60.4 Å². The third kappa shape index (κ3) is 6.38. The van der Waals surface area contributed by atoms with E-state index < -0.39 is 29.9 Å². The maximum atomic E-state index is 13.9. The fourth-order valence-electron chi connectivity index (χ4n) is 5.78. The van der Waals surface area contributed by atoms with E-state index in [4.69, 9.17) is 9.47 Å². The number of ketones is 1. The van der Waals surface area contributed by atoms with Crippen LogP contribution in [-0.2, 0) is 24.7 Å². The second-order valence-corrected chi connectivity index (χ2v) is 24.2.